The molecule has 1 aromatic rings. The molecule has 0 radical (unpaired) electrons. The second-order valence-corrected chi connectivity index (χ2v) is 5.16. The van der Waals surface area contributed by atoms with Crippen molar-refractivity contribution < 1.29 is 9.53 Å². The van der Waals surface area contributed by atoms with Crippen molar-refractivity contribution in [1.29, 1.82) is 0 Å². The fourth-order valence-electron chi connectivity index (χ4n) is 2.15. The van der Waals surface area contributed by atoms with Gasteiger partial charge in [-0.2, -0.15) is 0 Å². The minimum Gasteiger partial charge on any atom is -0.496 e. The molecule has 0 bridgehead atoms. The number of rotatable bonds is 3. The Balaban J connectivity index is 3.56. The van der Waals surface area contributed by atoms with Crippen LogP contribution in [0.3, 0.4) is 0 Å². The van der Waals surface area contributed by atoms with Crippen molar-refractivity contribution in [1.82, 2.24) is 5.43 Å². The predicted molar refractivity (Wildman–Crippen MR) is 75.7 cm³/mol. The maximum Gasteiger partial charge on any atom is 0.241 e. The predicted octanol–water partition coefficient (Wildman–Crippen LogP) is 2.48. The lowest BCUT2D eigenvalue weighted by Gasteiger charge is -2.22. The summed E-state index contributed by atoms with van der Waals surface area (Å²) in [6, 6.07) is 0. The topological polar surface area (TPSA) is 64.3 Å². The Morgan fingerprint density at radius 3 is 2.28 bits per heavy atom. The molecule has 0 aliphatic carbocycles. The molecule has 3 N–H and O–H groups in total. The van der Waals surface area contributed by atoms with Gasteiger partial charge in [-0.3, -0.25) is 10.2 Å². The first-order valence-electron chi connectivity index (χ1n) is 5.70. The fourth-order valence-corrected chi connectivity index (χ4v) is 2.66. The summed E-state index contributed by atoms with van der Waals surface area (Å²) in [6.07, 6.45) is 0. The van der Waals surface area contributed by atoms with Crippen LogP contribution in [0.2, 0.25) is 0 Å². The molecule has 0 aromatic heterocycles. The average Bonchev–Trinajstić information content (AvgIpc) is 2.38. The van der Waals surface area contributed by atoms with E-state index in [1.54, 1.807) is 7.11 Å². The van der Waals surface area contributed by atoms with Gasteiger partial charge in [0.1, 0.15) is 5.75 Å². The number of benzene rings is 1. The quantitative estimate of drug-likeness (QED) is 0.512. The lowest BCUT2D eigenvalue weighted by Crippen LogP contribution is -2.34. The van der Waals surface area contributed by atoms with Crippen molar-refractivity contribution in [3.05, 3.63) is 26.7 Å². The second kappa shape index (κ2) is 5.71. The maximum atomic E-state index is 11.7. The van der Waals surface area contributed by atoms with E-state index >= 15 is 0 Å². The fraction of sp³-hybridized carbons (Fsp3) is 0.462. The number of halogens is 1. The first-order valence-corrected chi connectivity index (χ1v) is 6.49. The lowest BCUT2D eigenvalue weighted by molar-refractivity contribution is -0.122. The molecule has 0 spiro atoms. The van der Waals surface area contributed by atoms with Crippen molar-refractivity contribution in [3.63, 3.8) is 0 Å². The minimum atomic E-state index is -0.361. The average molecular weight is 315 g/mol. The number of amides is 1. The molecule has 1 aromatic carbocycles. The molecule has 100 valence electrons. The number of hydrogen-bond donors (Lipinski definition) is 2. The molecule has 0 aliphatic rings. The Morgan fingerprint density at radius 1 is 1.28 bits per heavy atom. The van der Waals surface area contributed by atoms with Crippen LogP contribution in [0.5, 0.6) is 5.75 Å². The van der Waals surface area contributed by atoms with Crippen LogP contribution in [0.1, 0.15) is 35.1 Å². The lowest BCUT2D eigenvalue weighted by atomic mass is 9.90. The van der Waals surface area contributed by atoms with E-state index in [-0.39, 0.29) is 11.8 Å². The molecule has 4 nitrogen and oxygen atoms in total. The van der Waals surface area contributed by atoms with Crippen LogP contribution >= 0.6 is 15.9 Å². The molecular formula is C13H19BrN2O2. The Kier molecular flexibility index (Phi) is 4.76. The Labute approximate surface area is 116 Å². The maximum absolute atomic E-state index is 11.7. The third-order valence-corrected chi connectivity index (χ3v) is 4.57. The van der Waals surface area contributed by atoms with Crippen molar-refractivity contribution in [3.8, 4) is 5.75 Å². The zero-order valence-electron chi connectivity index (χ0n) is 11.3. The Morgan fingerprint density at radius 2 is 1.83 bits per heavy atom. The zero-order valence-corrected chi connectivity index (χ0v) is 12.9. The van der Waals surface area contributed by atoms with Gasteiger partial charge in [-0.25, -0.2) is 5.84 Å². The Hall–Kier alpha value is -1.07. The van der Waals surface area contributed by atoms with E-state index in [9.17, 15) is 4.79 Å². The molecule has 0 saturated heterocycles. The van der Waals surface area contributed by atoms with Gasteiger partial charge in [0.25, 0.3) is 0 Å². The highest BCUT2D eigenvalue weighted by molar-refractivity contribution is 9.10. The molecule has 1 rings (SSSR count). The summed E-state index contributed by atoms with van der Waals surface area (Å²) in [6.45, 7) is 7.78. The molecule has 0 saturated carbocycles. The van der Waals surface area contributed by atoms with Gasteiger partial charge in [-0.1, -0.05) is 15.9 Å². The first-order chi connectivity index (χ1) is 8.36. The largest absolute Gasteiger partial charge is 0.496 e. The van der Waals surface area contributed by atoms with Crippen molar-refractivity contribution in [2.24, 2.45) is 5.84 Å². The number of hydrazine groups is 1. The SMILES string of the molecule is COc1c(C)c(C)c(Br)c(C)c1C(C)C(=O)NN. The van der Waals surface area contributed by atoms with E-state index in [0.717, 1.165) is 32.5 Å². The van der Waals surface area contributed by atoms with Gasteiger partial charge in [0, 0.05) is 10.0 Å². The van der Waals surface area contributed by atoms with E-state index in [2.05, 4.69) is 21.4 Å². The minimum absolute atomic E-state index is 0.230. The molecule has 0 heterocycles. The highest BCUT2D eigenvalue weighted by Crippen LogP contribution is 2.39. The number of ether oxygens (including phenoxy) is 1. The van der Waals surface area contributed by atoms with Crippen LogP contribution in [0.15, 0.2) is 4.47 Å². The van der Waals surface area contributed by atoms with Gasteiger partial charge in [0.05, 0.1) is 13.0 Å². The van der Waals surface area contributed by atoms with Gasteiger partial charge in [-0.15, -0.1) is 0 Å². The number of carbonyl (C=O) groups is 1. The van der Waals surface area contributed by atoms with Gasteiger partial charge in [0.2, 0.25) is 5.91 Å². The summed E-state index contributed by atoms with van der Waals surface area (Å²) in [5.41, 5.74) is 6.21. The highest BCUT2D eigenvalue weighted by atomic mass is 79.9. The van der Waals surface area contributed by atoms with E-state index in [4.69, 9.17) is 10.6 Å². The van der Waals surface area contributed by atoms with E-state index in [0.29, 0.717) is 0 Å². The molecule has 1 unspecified atom stereocenters. The van der Waals surface area contributed by atoms with Gasteiger partial charge < -0.3 is 4.74 Å². The molecule has 5 heteroatoms. The third-order valence-electron chi connectivity index (χ3n) is 3.38. The number of nitrogens with two attached hydrogens (primary N) is 1. The summed E-state index contributed by atoms with van der Waals surface area (Å²) < 4.78 is 6.47. The van der Waals surface area contributed by atoms with E-state index in [1.165, 1.54) is 0 Å². The van der Waals surface area contributed by atoms with Crippen LogP contribution in [-0.2, 0) is 4.79 Å². The highest BCUT2D eigenvalue weighted by Gasteiger charge is 2.25. The number of methoxy groups -OCH3 is 1. The van der Waals surface area contributed by atoms with E-state index < -0.39 is 0 Å². The number of hydrogen-bond acceptors (Lipinski definition) is 3. The van der Waals surface area contributed by atoms with E-state index in [1.807, 2.05) is 27.7 Å². The van der Waals surface area contributed by atoms with Crippen molar-refractivity contribution in [2.45, 2.75) is 33.6 Å². The molecule has 0 fully saturated rings. The molecule has 0 aliphatic heterocycles. The van der Waals surface area contributed by atoms with Crippen LogP contribution < -0.4 is 16.0 Å². The summed E-state index contributed by atoms with van der Waals surface area (Å²) in [4.78, 5) is 11.7. The second-order valence-electron chi connectivity index (χ2n) is 4.37. The molecular weight excluding hydrogens is 296 g/mol. The summed E-state index contributed by atoms with van der Waals surface area (Å²) in [7, 11) is 1.62. The van der Waals surface area contributed by atoms with Gasteiger partial charge >= 0.3 is 0 Å². The summed E-state index contributed by atoms with van der Waals surface area (Å²) in [5.74, 6) is 5.37. The van der Waals surface area contributed by atoms with Crippen molar-refractivity contribution in [2.75, 3.05) is 7.11 Å². The smallest absolute Gasteiger partial charge is 0.241 e. The van der Waals surface area contributed by atoms with Crippen molar-refractivity contribution >= 4 is 21.8 Å². The number of carbonyl (C=O) groups excluding carboxylic acids is 1. The standard InChI is InChI=1S/C13H19BrN2O2/c1-6-7(2)12(18-5)10(8(3)11(6)14)9(4)13(17)16-15/h9H,15H2,1-5H3,(H,16,17). The van der Waals surface area contributed by atoms with Gasteiger partial charge in [0.15, 0.2) is 0 Å². The molecule has 1 atom stereocenters. The Bertz CT molecular complexity index is 487. The number of nitrogens with one attached hydrogen (secondary N) is 1. The summed E-state index contributed by atoms with van der Waals surface area (Å²) >= 11 is 3.56. The summed E-state index contributed by atoms with van der Waals surface area (Å²) in [5, 5.41) is 0. The van der Waals surface area contributed by atoms with Crippen LogP contribution in [0.25, 0.3) is 0 Å². The molecule has 18 heavy (non-hydrogen) atoms. The first kappa shape index (κ1) is 15.0. The normalized spacial score (nSPS) is 12.2. The molecule has 1 amide bonds. The third kappa shape index (κ3) is 2.37. The van der Waals surface area contributed by atoms with Crippen LogP contribution in [-0.4, -0.2) is 13.0 Å². The van der Waals surface area contributed by atoms with Crippen LogP contribution in [0, 0.1) is 20.8 Å². The van der Waals surface area contributed by atoms with Gasteiger partial charge in [-0.05, 0) is 44.4 Å². The monoisotopic (exact) mass is 314 g/mol. The zero-order chi connectivity index (χ0) is 14.0. The van der Waals surface area contributed by atoms with Crippen LogP contribution in [0.4, 0.5) is 0 Å².